The molecule has 0 saturated heterocycles. The molecule has 0 bridgehead atoms. The lowest BCUT2D eigenvalue weighted by Gasteiger charge is -2.18. The van der Waals surface area contributed by atoms with Crippen LogP contribution in [0.1, 0.15) is 16.7 Å². The van der Waals surface area contributed by atoms with Crippen LogP contribution in [0.5, 0.6) is 0 Å². The van der Waals surface area contributed by atoms with Gasteiger partial charge in [-0.05, 0) is 144 Å². The highest BCUT2D eigenvalue weighted by atomic mass is 32.2. The molecule has 2 atom stereocenters. The largest absolute Gasteiger partial charge is 0.309 e. The molecule has 14 aromatic rings. The number of aryl methyl sites for hydroxylation is 1. The molecule has 10 aromatic carbocycles. The van der Waals surface area contributed by atoms with Crippen LogP contribution in [0.2, 0.25) is 0 Å². The van der Waals surface area contributed by atoms with Gasteiger partial charge in [0.25, 0.3) is 0 Å². The van der Waals surface area contributed by atoms with E-state index in [4.69, 9.17) is 0 Å². The van der Waals surface area contributed by atoms with Crippen molar-refractivity contribution in [1.29, 1.82) is 0 Å². The Labute approximate surface area is 448 Å². The lowest BCUT2D eigenvalue weighted by Crippen LogP contribution is -2.11. The van der Waals surface area contributed by atoms with Crippen molar-refractivity contribution in [2.24, 2.45) is 5.92 Å². The lowest BCUT2D eigenvalue weighted by molar-refractivity contribution is 0.877. The maximum atomic E-state index is 2.50. The Morgan fingerprint density at radius 1 is 0.355 bits per heavy atom. The Balaban J connectivity index is 0.899. The highest BCUT2D eigenvalue weighted by Crippen LogP contribution is 2.55. The van der Waals surface area contributed by atoms with Crippen LogP contribution in [0.15, 0.2) is 255 Å². The van der Waals surface area contributed by atoms with E-state index in [1.54, 1.807) is 0 Å². The van der Waals surface area contributed by atoms with Crippen molar-refractivity contribution in [3.8, 4) is 38.6 Å². The Hall–Kier alpha value is -8.87. The number of thioether (sulfide) groups is 1. The maximum Gasteiger partial charge on any atom is 0.0541 e. The van der Waals surface area contributed by atoms with Crippen LogP contribution in [0.25, 0.3) is 125 Å². The first-order valence-corrected chi connectivity index (χ1v) is 27.9. The molecule has 0 spiro atoms. The van der Waals surface area contributed by atoms with Crippen molar-refractivity contribution in [2.45, 2.75) is 12.2 Å². The van der Waals surface area contributed by atoms with Crippen LogP contribution in [0.3, 0.4) is 0 Å². The summed E-state index contributed by atoms with van der Waals surface area (Å²) in [5, 5.41) is 9.17. The number of aromatic nitrogens is 3. The minimum Gasteiger partial charge on any atom is -0.309 e. The molecule has 0 N–H and O–H groups in total. The normalized spacial score (nSPS) is 15.5. The molecule has 1 aliphatic heterocycles. The van der Waals surface area contributed by atoms with E-state index in [-0.39, 0.29) is 5.92 Å². The van der Waals surface area contributed by atoms with Gasteiger partial charge in [0.1, 0.15) is 0 Å². The summed E-state index contributed by atoms with van der Waals surface area (Å²) >= 11 is 3.91. The van der Waals surface area contributed by atoms with Gasteiger partial charge in [-0.3, -0.25) is 0 Å². The molecule has 0 saturated carbocycles. The Morgan fingerprint density at radius 3 is 1.45 bits per heavy atom. The van der Waals surface area contributed by atoms with Crippen molar-refractivity contribution in [3.63, 3.8) is 0 Å². The van der Waals surface area contributed by atoms with Crippen LogP contribution in [0.4, 0.5) is 0 Å². The van der Waals surface area contributed by atoms with Gasteiger partial charge in [-0.2, -0.15) is 0 Å². The monoisotopic (exact) mass is 1010 g/mol. The van der Waals surface area contributed by atoms with Crippen molar-refractivity contribution in [3.05, 3.63) is 272 Å². The van der Waals surface area contributed by atoms with Gasteiger partial charge in [-0.15, -0.1) is 23.1 Å². The maximum absolute atomic E-state index is 2.50. The zero-order valence-corrected chi connectivity index (χ0v) is 43.2. The molecular weight excluding hydrogens is 959 g/mol. The lowest BCUT2D eigenvalue weighted by atomic mass is 9.85. The van der Waals surface area contributed by atoms with E-state index in [9.17, 15) is 0 Å². The number of hydrogen-bond acceptors (Lipinski definition) is 2. The van der Waals surface area contributed by atoms with Gasteiger partial charge in [-0.25, -0.2) is 0 Å². The first kappa shape index (κ1) is 43.5. The number of para-hydroxylation sites is 4. The third-order valence-corrected chi connectivity index (χ3v) is 18.7. The summed E-state index contributed by atoms with van der Waals surface area (Å²) < 4.78 is 8.58. The average Bonchev–Trinajstić information content (AvgIpc) is 4.38. The second-order valence-corrected chi connectivity index (χ2v) is 22.6. The minimum absolute atomic E-state index is 0.252. The van der Waals surface area contributed by atoms with E-state index in [1.165, 1.54) is 136 Å². The van der Waals surface area contributed by atoms with E-state index < -0.39 is 0 Å². The molecule has 0 amide bonds. The topological polar surface area (TPSA) is 14.8 Å². The van der Waals surface area contributed by atoms with Gasteiger partial charge in [-0.1, -0.05) is 151 Å². The summed E-state index contributed by atoms with van der Waals surface area (Å²) in [4.78, 5) is 2.63. The fourth-order valence-electron chi connectivity index (χ4n) is 12.7. The molecule has 16 rings (SSSR count). The SMILES string of the molecule is Cc1ccc2c(c1)c1cc(-c3c(-c4ccc5c(c4)c4cc(C6=C(c7ccc8c(c7)c7ccccc7n8-c7ccccc7)C7C=CC=CC7S6)ccc4n5-c4ccccc4)sc4ccccc34)ccc1n2-c1ccccc1. The fraction of sp³-hybridized carbons (Fsp3) is 0.0423. The Kier molecular flexibility index (Phi) is 9.78. The van der Waals surface area contributed by atoms with Crippen LogP contribution < -0.4 is 0 Å². The third-order valence-electron chi connectivity index (χ3n) is 16.0. The number of fused-ring (bicyclic) bond motifs is 11. The summed E-state index contributed by atoms with van der Waals surface area (Å²) in [7, 11) is 0. The van der Waals surface area contributed by atoms with Gasteiger partial charge in [0, 0.05) is 86.0 Å². The van der Waals surface area contributed by atoms with Gasteiger partial charge in [0.05, 0.1) is 33.1 Å². The molecule has 76 heavy (non-hydrogen) atoms. The minimum atomic E-state index is 0.252. The molecule has 0 radical (unpaired) electrons. The van der Waals surface area contributed by atoms with E-state index in [1.807, 2.05) is 23.1 Å². The van der Waals surface area contributed by atoms with Crippen LogP contribution in [-0.2, 0) is 0 Å². The number of hydrogen-bond donors (Lipinski definition) is 0. The molecule has 0 fully saturated rings. The first-order chi connectivity index (χ1) is 37.6. The fourth-order valence-corrected chi connectivity index (χ4v) is 15.4. The highest BCUT2D eigenvalue weighted by Gasteiger charge is 2.35. The third kappa shape index (κ3) is 6.62. The van der Waals surface area contributed by atoms with Crippen LogP contribution in [0, 0.1) is 12.8 Å². The number of benzene rings is 10. The number of rotatable bonds is 7. The zero-order chi connectivity index (χ0) is 50.0. The number of nitrogens with zero attached hydrogens (tertiary/aromatic N) is 3. The molecule has 5 heteroatoms. The van der Waals surface area contributed by atoms with Crippen molar-refractivity contribution in [2.75, 3.05) is 0 Å². The second kappa shape index (κ2) is 17.1. The predicted octanol–water partition coefficient (Wildman–Crippen LogP) is 19.6. The van der Waals surface area contributed by atoms with Crippen LogP contribution >= 0.6 is 23.1 Å². The molecule has 2 aliphatic rings. The summed E-state index contributed by atoms with van der Waals surface area (Å²) in [6, 6.07) is 85.9. The van der Waals surface area contributed by atoms with E-state index >= 15 is 0 Å². The predicted molar refractivity (Wildman–Crippen MR) is 327 cm³/mol. The summed E-state index contributed by atoms with van der Waals surface area (Å²) in [5.41, 5.74) is 19.7. The van der Waals surface area contributed by atoms with Gasteiger partial charge in [0.15, 0.2) is 0 Å². The molecule has 3 nitrogen and oxygen atoms in total. The molecule has 358 valence electrons. The molecule has 5 heterocycles. The summed E-state index contributed by atoms with van der Waals surface area (Å²) in [5.74, 6) is 0.252. The highest BCUT2D eigenvalue weighted by molar-refractivity contribution is 8.09. The van der Waals surface area contributed by atoms with E-state index in [0.717, 1.165) is 5.69 Å². The van der Waals surface area contributed by atoms with Gasteiger partial charge < -0.3 is 13.7 Å². The first-order valence-electron chi connectivity index (χ1n) is 26.2. The Morgan fingerprint density at radius 2 is 0.803 bits per heavy atom. The number of allylic oxidation sites excluding steroid dienone is 4. The summed E-state index contributed by atoms with van der Waals surface area (Å²) in [6.45, 7) is 2.20. The second-order valence-electron chi connectivity index (χ2n) is 20.4. The molecule has 4 aromatic heterocycles. The Bertz CT molecular complexity index is 4790. The quantitative estimate of drug-likeness (QED) is 0.155. The van der Waals surface area contributed by atoms with Crippen molar-refractivity contribution < 1.29 is 0 Å². The molecule has 2 unspecified atom stereocenters. The average molecular weight is 1010 g/mol. The molecular formula is C71H47N3S2. The van der Waals surface area contributed by atoms with E-state index in [2.05, 4.69) is 275 Å². The molecule has 1 aliphatic carbocycles. The number of thiophene rings is 1. The summed E-state index contributed by atoms with van der Waals surface area (Å²) in [6.07, 6.45) is 9.30. The van der Waals surface area contributed by atoms with E-state index in [0.29, 0.717) is 5.25 Å². The van der Waals surface area contributed by atoms with Crippen molar-refractivity contribution >= 4 is 109 Å². The van der Waals surface area contributed by atoms with Crippen LogP contribution in [-0.4, -0.2) is 19.0 Å². The van der Waals surface area contributed by atoms with Gasteiger partial charge in [0.2, 0.25) is 0 Å². The van der Waals surface area contributed by atoms with Crippen molar-refractivity contribution in [1.82, 2.24) is 13.7 Å². The standard InChI is InChI=1S/C71H47N3S2/c1-44-29-34-61-55(39-44)57-41-46(31-36-63(57)73(61)50-19-7-3-8-20-50)69-54-25-13-16-28-67(54)76-71(69)48-33-38-65-59(43-48)58-42-47(32-37-64(58)74(65)51-21-9-4-10-22-51)70-68(53-24-12-15-27-66(53)75-70)45-30-35-62-56(40-45)52-23-11-14-26-60(52)72(62)49-17-5-2-6-18-49/h2-43,53,66H,1H3. The smallest absolute Gasteiger partial charge is 0.0541 e. The zero-order valence-electron chi connectivity index (χ0n) is 41.6. The van der Waals surface area contributed by atoms with Gasteiger partial charge >= 0.3 is 0 Å².